The molecule has 0 amide bonds. The van der Waals surface area contributed by atoms with E-state index < -0.39 is 0 Å². The first kappa shape index (κ1) is 10.9. The van der Waals surface area contributed by atoms with E-state index >= 15 is 0 Å². The first-order valence-electron chi connectivity index (χ1n) is 4.83. The van der Waals surface area contributed by atoms with Crippen LogP contribution in [0.3, 0.4) is 0 Å². The van der Waals surface area contributed by atoms with E-state index in [2.05, 4.69) is 6.58 Å². The zero-order chi connectivity index (χ0) is 10.4. The lowest BCUT2D eigenvalue weighted by atomic mass is 10.0. The third-order valence-electron chi connectivity index (χ3n) is 2.15. The van der Waals surface area contributed by atoms with Gasteiger partial charge in [-0.15, -0.1) is 6.58 Å². The van der Waals surface area contributed by atoms with Crippen molar-refractivity contribution in [2.45, 2.75) is 25.3 Å². The molecule has 2 N–H and O–H groups in total. The summed E-state index contributed by atoms with van der Waals surface area (Å²) in [5, 5.41) is 0. The van der Waals surface area contributed by atoms with Gasteiger partial charge >= 0.3 is 0 Å². The second kappa shape index (κ2) is 5.55. The fourth-order valence-electron chi connectivity index (χ4n) is 1.36. The lowest BCUT2D eigenvalue weighted by Crippen LogP contribution is -2.22. The van der Waals surface area contributed by atoms with E-state index in [1.165, 1.54) is 12.1 Å². The maximum Gasteiger partial charge on any atom is 0.123 e. The van der Waals surface area contributed by atoms with E-state index in [-0.39, 0.29) is 11.9 Å². The maximum atomic E-state index is 12.6. The van der Waals surface area contributed by atoms with Crippen LogP contribution < -0.4 is 5.73 Å². The Balaban J connectivity index is 2.43. The van der Waals surface area contributed by atoms with Crippen LogP contribution in [-0.4, -0.2) is 6.04 Å². The highest BCUT2D eigenvalue weighted by Gasteiger charge is 2.02. The van der Waals surface area contributed by atoms with Crippen molar-refractivity contribution in [1.82, 2.24) is 0 Å². The topological polar surface area (TPSA) is 26.0 Å². The molecule has 2 heteroatoms. The van der Waals surface area contributed by atoms with Crippen molar-refractivity contribution < 1.29 is 4.39 Å². The van der Waals surface area contributed by atoms with Crippen molar-refractivity contribution in [3.05, 3.63) is 48.3 Å². The van der Waals surface area contributed by atoms with Crippen LogP contribution in [0.15, 0.2) is 36.9 Å². The third kappa shape index (κ3) is 3.71. The predicted octanol–water partition coefficient (Wildman–Crippen LogP) is 2.66. The van der Waals surface area contributed by atoms with Gasteiger partial charge in [-0.05, 0) is 37.0 Å². The standard InChI is InChI=1S/C12H16FN/c1-2-3-4-12(14)9-10-5-7-11(13)8-6-10/h2,5-8,12H,1,3-4,9,14H2. The molecule has 0 fully saturated rings. The highest BCUT2D eigenvalue weighted by molar-refractivity contribution is 5.17. The van der Waals surface area contributed by atoms with E-state index in [0.29, 0.717) is 0 Å². The van der Waals surface area contributed by atoms with E-state index in [1.807, 2.05) is 6.08 Å². The van der Waals surface area contributed by atoms with Crippen LogP contribution in [0.2, 0.25) is 0 Å². The highest BCUT2D eigenvalue weighted by atomic mass is 19.1. The number of hydrogen-bond acceptors (Lipinski definition) is 1. The Kier molecular flexibility index (Phi) is 4.33. The molecule has 0 aromatic heterocycles. The molecule has 76 valence electrons. The van der Waals surface area contributed by atoms with Crippen LogP contribution in [0.1, 0.15) is 18.4 Å². The van der Waals surface area contributed by atoms with Crippen LogP contribution >= 0.6 is 0 Å². The number of hydrogen-bond donors (Lipinski definition) is 1. The Hall–Kier alpha value is -1.15. The molecule has 0 saturated carbocycles. The van der Waals surface area contributed by atoms with E-state index in [4.69, 9.17) is 5.73 Å². The predicted molar refractivity (Wildman–Crippen MR) is 57.5 cm³/mol. The molecule has 0 aliphatic carbocycles. The largest absolute Gasteiger partial charge is 0.327 e. The summed E-state index contributed by atoms with van der Waals surface area (Å²) in [4.78, 5) is 0. The lowest BCUT2D eigenvalue weighted by molar-refractivity contribution is 0.610. The Labute approximate surface area is 84.4 Å². The van der Waals surface area contributed by atoms with Gasteiger partial charge in [-0.3, -0.25) is 0 Å². The Morgan fingerprint density at radius 3 is 2.57 bits per heavy atom. The molecule has 1 rings (SSSR count). The summed E-state index contributed by atoms with van der Waals surface area (Å²) in [6.07, 6.45) is 4.53. The van der Waals surface area contributed by atoms with Crippen molar-refractivity contribution in [3.8, 4) is 0 Å². The first-order valence-corrected chi connectivity index (χ1v) is 4.83. The SMILES string of the molecule is C=CCCC(N)Cc1ccc(F)cc1. The Morgan fingerprint density at radius 1 is 1.36 bits per heavy atom. The van der Waals surface area contributed by atoms with Crippen molar-refractivity contribution >= 4 is 0 Å². The summed E-state index contributed by atoms with van der Waals surface area (Å²) < 4.78 is 12.6. The van der Waals surface area contributed by atoms with Crippen molar-refractivity contribution in [3.63, 3.8) is 0 Å². The number of benzene rings is 1. The van der Waals surface area contributed by atoms with Crippen molar-refractivity contribution in [2.24, 2.45) is 5.73 Å². The molecule has 1 aromatic carbocycles. The zero-order valence-electron chi connectivity index (χ0n) is 8.25. The molecular formula is C12H16FN. The summed E-state index contributed by atoms with van der Waals surface area (Å²) in [5.41, 5.74) is 6.97. The summed E-state index contributed by atoms with van der Waals surface area (Å²) in [7, 11) is 0. The number of rotatable bonds is 5. The van der Waals surface area contributed by atoms with Gasteiger partial charge in [0.05, 0.1) is 0 Å². The van der Waals surface area contributed by atoms with Gasteiger partial charge < -0.3 is 5.73 Å². The molecule has 0 saturated heterocycles. The minimum absolute atomic E-state index is 0.137. The Morgan fingerprint density at radius 2 is 2.00 bits per heavy atom. The van der Waals surface area contributed by atoms with Gasteiger partial charge in [0.1, 0.15) is 5.82 Å². The number of nitrogens with two attached hydrogens (primary N) is 1. The molecule has 0 aliphatic heterocycles. The highest BCUT2D eigenvalue weighted by Crippen LogP contribution is 2.07. The summed E-state index contributed by atoms with van der Waals surface area (Å²) in [6.45, 7) is 3.65. The molecule has 1 aromatic rings. The molecule has 0 heterocycles. The van der Waals surface area contributed by atoms with Crippen LogP contribution in [0, 0.1) is 5.82 Å². The Bertz CT molecular complexity index is 279. The fourth-order valence-corrected chi connectivity index (χ4v) is 1.36. The lowest BCUT2D eigenvalue weighted by Gasteiger charge is -2.09. The van der Waals surface area contributed by atoms with Gasteiger partial charge in [-0.2, -0.15) is 0 Å². The summed E-state index contributed by atoms with van der Waals surface area (Å²) >= 11 is 0. The molecule has 1 atom stereocenters. The fraction of sp³-hybridized carbons (Fsp3) is 0.333. The van der Waals surface area contributed by atoms with Gasteiger partial charge in [0.2, 0.25) is 0 Å². The van der Waals surface area contributed by atoms with Gasteiger partial charge in [0.15, 0.2) is 0 Å². The minimum atomic E-state index is -0.201. The molecule has 0 bridgehead atoms. The van der Waals surface area contributed by atoms with Gasteiger partial charge in [0.25, 0.3) is 0 Å². The van der Waals surface area contributed by atoms with Crippen LogP contribution in [-0.2, 0) is 6.42 Å². The van der Waals surface area contributed by atoms with Crippen LogP contribution in [0.5, 0.6) is 0 Å². The zero-order valence-corrected chi connectivity index (χ0v) is 8.25. The van der Waals surface area contributed by atoms with Gasteiger partial charge in [-0.25, -0.2) is 4.39 Å². The number of halogens is 1. The molecule has 1 unspecified atom stereocenters. The van der Waals surface area contributed by atoms with Crippen molar-refractivity contribution in [1.29, 1.82) is 0 Å². The molecule has 14 heavy (non-hydrogen) atoms. The van der Waals surface area contributed by atoms with Crippen LogP contribution in [0.25, 0.3) is 0 Å². The summed E-state index contributed by atoms with van der Waals surface area (Å²) in [6, 6.07) is 6.63. The smallest absolute Gasteiger partial charge is 0.123 e. The molecule has 0 spiro atoms. The van der Waals surface area contributed by atoms with Gasteiger partial charge in [-0.1, -0.05) is 18.2 Å². The van der Waals surface area contributed by atoms with Crippen molar-refractivity contribution in [2.75, 3.05) is 0 Å². The molecule has 0 radical (unpaired) electrons. The second-order valence-electron chi connectivity index (χ2n) is 3.46. The average Bonchev–Trinajstić information content (AvgIpc) is 2.18. The number of allylic oxidation sites excluding steroid dienone is 1. The first-order chi connectivity index (χ1) is 6.72. The van der Waals surface area contributed by atoms with E-state index in [1.54, 1.807) is 12.1 Å². The quantitative estimate of drug-likeness (QED) is 0.715. The van der Waals surface area contributed by atoms with Crippen LogP contribution in [0.4, 0.5) is 4.39 Å². The average molecular weight is 193 g/mol. The normalized spacial score (nSPS) is 12.4. The molecular weight excluding hydrogens is 177 g/mol. The minimum Gasteiger partial charge on any atom is -0.327 e. The molecule has 0 aliphatic rings. The summed E-state index contributed by atoms with van der Waals surface area (Å²) in [5.74, 6) is -0.201. The van der Waals surface area contributed by atoms with E-state index in [9.17, 15) is 4.39 Å². The third-order valence-corrected chi connectivity index (χ3v) is 2.15. The monoisotopic (exact) mass is 193 g/mol. The van der Waals surface area contributed by atoms with Gasteiger partial charge in [0, 0.05) is 6.04 Å². The van der Waals surface area contributed by atoms with E-state index in [0.717, 1.165) is 24.8 Å². The molecule has 1 nitrogen and oxygen atoms in total. The maximum absolute atomic E-state index is 12.6. The second-order valence-corrected chi connectivity index (χ2v) is 3.46.